The van der Waals surface area contributed by atoms with Gasteiger partial charge in [0.1, 0.15) is 0 Å². The topological polar surface area (TPSA) is 38.0 Å². The summed E-state index contributed by atoms with van der Waals surface area (Å²) in [5.74, 6) is 0. The van der Waals surface area contributed by atoms with E-state index in [0.717, 1.165) is 19.3 Å². The fraction of sp³-hybridized carbons (Fsp3) is 0.538. The van der Waals surface area contributed by atoms with Crippen LogP contribution in [0.1, 0.15) is 25.3 Å². The monoisotopic (exact) mass is 204 g/mol. The minimum Gasteiger partial charge on any atom is -0.328 e. The zero-order valence-corrected chi connectivity index (χ0v) is 9.32. The van der Waals surface area contributed by atoms with Crippen molar-refractivity contribution in [2.24, 2.45) is 5.73 Å². The number of nitrogens with one attached hydrogen (secondary N) is 1. The van der Waals surface area contributed by atoms with Crippen LogP contribution in [-0.2, 0) is 6.42 Å². The molecule has 0 radical (unpaired) electrons. The lowest BCUT2D eigenvalue weighted by Gasteiger charge is -2.35. The lowest BCUT2D eigenvalue weighted by molar-refractivity contribution is 0.270. The van der Waals surface area contributed by atoms with Gasteiger partial charge in [-0.25, -0.2) is 0 Å². The molecule has 2 heteroatoms. The van der Waals surface area contributed by atoms with E-state index in [4.69, 9.17) is 5.73 Å². The zero-order valence-electron chi connectivity index (χ0n) is 9.32. The maximum atomic E-state index is 5.76. The largest absolute Gasteiger partial charge is 0.328 e. The molecule has 0 saturated heterocycles. The predicted molar refractivity (Wildman–Crippen MR) is 63.7 cm³/mol. The van der Waals surface area contributed by atoms with Crippen LogP contribution in [0.25, 0.3) is 0 Å². The zero-order chi connectivity index (χ0) is 10.7. The van der Waals surface area contributed by atoms with E-state index in [1.807, 2.05) is 0 Å². The maximum absolute atomic E-state index is 5.76. The first-order chi connectivity index (χ1) is 7.24. The van der Waals surface area contributed by atoms with Gasteiger partial charge in [-0.05, 0) is 31.7 Å². The standard InChI is InChI=1S/C13H20N2/c1-10(15-13-8-12(14)9-13)7-11-5-3-2-4-6-11/h2-6,10,12-13,15H,7-9,14H2,1H3. The van der Waals surface area contributed by atoms with Gasteiger partial charge in [0.25, 0.3) is 0 Å². The quantitative estimate of drug-likeness (QED) is 0.783. The molecule has 0 aromatic heterocycles. The van der Waals surface area contributed by atoms with Gasteiger partial charge >= 0.3 is 0 Å². The third kappa shape index (κ3) is 3.05. The minimum atomic E-state index is 0.437. The molecule has 0 amide bonds. The summed E-state index contributed by atoms with van der Waals surface area (Å²) in [6.07, 6.45) is 3.38. The van der Waals surface area contributed by atoms with E-state index in [2.05, 4.69) is 42.6 Å². The maximum Gasteiger partial charge on any atom is 0.00991 e. The average Bonchev–Trinajstić information content (AvgIpc) is 2.17. The summed E-state index contributed by atoms with van der Waals surface area (Å²) in [7, 11) is 0. The van der Waals surface area contributed by atoms with Crippen molar-refractivity contribution in [2.45, 2.75) is 44.3 Å². The summed E-state index contributed by atoms with van der Waals surface area (Å²) in [4.78, 5) is 0. The Morgan fingerprint density at radius 3 is 2.60 bits per heavy atom. The first kappa shape index (κ1) is 10.7. The van der Waals surface area contributed by atoms with Gasteiger partial charge in [-0.3, -0.25) is 0 Å². The van der Waals surface area contributed by atoms with Crippen molar-refractivity contribution in [3.8, 4) is 0 Å². The summed E-state index contributed by atoms with van der Waals surface area (Å²) in [5, 5.41) is 3.62. The third-order valence-electron chi connectivity index (χ3n) is 3.08. The molecule has 1 atom stereocenters. The fourth-order valence-electron chi connectivity index (χ4n) is 2.23. The predicted octanol–water partition coefficient (Wildman–Crippen LogP) is 1.70. The molecule has 0 heterocycles. The number of hydrogen-bond acceptors (Lipinski definition) is 2. The van der Waals surface area contributed by atoms with Crippen molar-refractivity contribution in [1.82, 2.24) is 5.32 Å². The Morgan fingerprint density at radius 2 is 2.00 bits per heavy atom. The van der Waals surface area contributed by atoms with Crippen LogP contribution in [0, 0.1) is 0 Å². The van der Waals surface area contributed by atoms with Gasteiger partial charge in [-0.1, -0.05) is 30.3 Å². The molecule has 1 aromatic carbocycles. The van der Waals surface area contributed by atoms with E-state index in [9.17, 15) is 0 Å². The number of hydrogen-bond donors (Lipinski definition) is 2. The van der Waals surface area contributed by atoms with Gasteiger partial charge in [0, 0.05) is 18.1 Å². The van der Waals surface area contributed by atoms with E-state index in [0.29, 0.717) is 18.1 Å². The summed E-state index contributed by atoms with van der Waals surface area (Å²) in [6.45, 7) is 2.25. The van der Waals surface area contributed by atoms with Gasteiger partial charge in [0.05, 0.1) is 0 Å². The highest BCUT2D eigenvalue weighted by Gasteiger charge is 2.26. The smallest absolute Gasteiger partial charge is 0.00991 e. The van der Waals surface area contributed by atoms with E-state index in [1.54, 1.807) is 0 Å². The first-order valence-electron chi connectivity index (χ1n) is 5.79. The van der Waals surface area contributed by atoms with Crippen LogP contribution in [0.5, 0.6) is 0 Å². The van der Waals surface area contributed by atoms with E-state index < -0.39 is 0 Å². The van der Waals surface area contributed by atoms with Crippen LogP contribution in [0.2, 0.25) is 0 Å². The van der Waals surface area contributed by atoms with Gasteiger partial charge in [0.2, 0.25) is 0 Å². The molecule has 15 heavy (non-hydrogen) atoms. The molecule has 1 aliphatic rings. The summed E-state index contributed by atoms with van der Waals surface area (Å²) >= 11 is 0. The number of nitrogens with two attached hydrogens (primary N) is 1. The normalized spacial score (nSPS) is 27.1. The highest BCUT2D eigenvalue weighted by molar-refractivity contribution is 5.15. The molecule has 1 fully saturated rings. The first-order valence-corrected chi connectivity index (χ1v) is 5.79. The summed E-state index contributed by atoms with van der Waals surface area (Å²) < 4.78 is 0. The lowest BCUT2D eigenvalue weighted by atomic mass is 9.87. The molecule has 1 unspecified atom stereocenters. The second-order valence-electron chi connectivity index (χ2n) is 4.69. The molecule has 3 N–H and O–H groups in total. The van der Waals surface area contributed by atoms with Crippen LogP contribution < -0.4 is 11.1 Å². The molecule has 0 bridgehead atoms. The Balaban J connectivity index is 1.75. The molecular formula is C13H20N2. The Kier molecular flexibility index (Phi) is 3.39. The number of rotatable bonds is 4. The van der Waals surface area contributed by atoms with E-state index >= 15 is 0 Å². The van der Waals surface area contributed by atoms with Crippen molar-refractivity contribution in [2.75, 3.05) is 0 Å². The molecule has 2 nitrogen and oxygen atoms in total. The molecule has 0 aliphatic heterocycles. The average molecular weight is 204 g/mol. The van der Waals surface area contributed by atoms with E-state index in [1.165, 1.54) is 5.56 Å². The van der Waals surface area contributed by atoms with E-state index in [-0.39, 0.29) is 0 Å². The van der Waals surface area contributed by atoms with Crippen LogP contribution >= 0.6 is 0 Å². The third-order valence-corrected chi connectivity index (χ3v) is 3.08. The van der Waals surface area contributed by atoms with Gasteiger partial charge in [0.15, 0.2) is 0 Å². The Hall–Kier alpha value is -0.860. The van der Waals surface area contributed by atoms with Crippen molar-refractivity contribution in [1.29, 1.82) is 0 Å². The molecule has 82 valence electrons. The SMILES string of the molecule is CC(Cc1ccccc1)NC1CC(N)C1. The highest BCUT2D eigenvalue weighted by atomic mass is 15.0. The van der Waals surface area contributed by atoms with Crippen LogP contribution in [0.4, 0.5) is 0 Å². The molecular weight excluding hydrogens is 184 g/mol. The van der Waals surface area contributed by atoms with Crippen LogP contribution in [-0.4, -0.2) is 18.1 Å². The summed E-state index contributed by atoms with van der Waals surface area (Å²) in [5.41, 5.74) is 7.16. The van der Waals surface area contributed by atoms with Crippen molar-refractivity contribution < 1.29 is 0 Å². The second kappa shape index (κ2) is 4.77. The summed E-state index contributed by atoms with van der Waals surface area (Å²) in [6, 6.07) is 12.3. The van der Waals surface area contributed by atoms with Gasteiger partial charge in [-0.15, -0.1) is 0 Å². The van der Waals surface area contributed by atoms with Crippen LogP contribution in [0.3, 0.4) is 0 Å². The lowest BCUT2D eigenvalue weighted by Crippen LogP contribution is -2.51. The molecule has 1 saturated carbocycles. The van der Waals surface area contributed by atoms with Gasteiger partial charge in [-0.2, -0.15) is 0 Å². The van der Waals surface area contributed by atoms with Crippen molar-refractivity contribution in [3.63, 3.8) is 0 Å². The Labute approximate surface area is 91.9 Å². The van der Waals surface area contributed by atoms with Gasteiger partial charge < -0.3 is 11.1 Å². The molecule has 0 spiro atoms. The molecule has 2 rings (SSSR count). The molecule has 1 aromatic rings. The van der Waals surface area contributed by atoms with Crippen molar-refractivity contribution in [3.05, 3.63) is 35.9 Å². The van der Waals surface area contributed by atoms with Crippen molar-refractivity contribution >= 4 is 0 Å². The fourth-order valence-corrected chi connectivity index (χ4v) is 2.23. The Bertz CT molecular complexity index is 291. The minimum absolute atomic E-state index is 0.437. The van der Waals surface area contributed by atoms with Crippen LogP contribution in [0.15, 0.2) is 30.3 Å². The molecule has 1 aliphatic carbocycles. The highest BCUT2D eigenvalue weighted by Crippen LogP contribution is 2.18. The number of benzene rings is 1. The Morgan fingerprint density at radius 1 is 1.33 bits per heavy atom. The second-order valence-corrected chi connectivity index (χ2v) is 4.69.